The van der Waals surface area contributed by atoms with Gasteiger partial charge >= 0.3 is 0 Å². The monoisotopic (exact) mass is 117 g/mol. The van der Waals surface area contributed by atoms with Gasteiger partial charge in [-0.05, 0) is 20.5 Å². The molecule has 0 rings (SSSR count). The molecule has 0 aliphatic carbocycles. The second-order valence-corrected chi connectivity index (χ2v) is 2.21. The van der Waals surface area contributed by atoms with Crippen LogP contribution in [0.4, 0.5) is 0 Å². The lowest BCUT2D eigenvalue weighted by molar-refractivity contribution is 0.166. The quantitative estimate of drug-likeness (QED) is 0.575. The Bertz CT molecular complexity index is 50.5. The number of aliphatic hydroxyl groups excluding tert-OH is 1. The van der Waals surface area contributed by atoms with E-state index in [1.807, 2.05) is 19.0 Å². The van der Waals surface area contributed by atoms with Crippen LogP contribution in [0.5, 0.6) is 0 Å². The van der Waals surface area contributed by atoms with Gasteiger partial charge < -0.3 is 10.0 Å². The number of hydrogen-bond donors (Lipinski definition) is 1. The average molecular weight is 117 g/mol. The third-order valence-corrected chi connectivity index (χ3v) is 1.41. The van der Waals surface area contributed by atoms with Crippen molar-refractivity contribution in [3.8, 4) is 0 Å². The average Bonchev–Trinajstić information content (AvgIpc) is 1.69. The lowest BCUT2D eigenvalue weighted by Crippen LogP contribution is -2.30. The van der Waals surface area contributed by atoms with E-state index in [9.17, 15) is 0 Å². The highest BCUT2D eigenvalue weighted by atomic mass is 16.3. The molecule has 0 spiro atoms. The Hall–Kier alpha value is -0.0800. The first kappa shape index (κ1) is 7.92. The van der Waals surface area contributed by atoms with E-state index < -0.39 is 0 Å². The van der Waals surface area contributed by atoms with Crippen molar-refractivity contribution < 1.29 is 5.11 Å². The van der Waals surface area contributed by atoms with Crippen molar-refractivity contribution in [1.29, 1.82) is 0 Å². The normalized spacial score (nSPS) is 14.6. The van der Waals surface area contributed by atoms with E-state index in [0.29, 0.717) is 6.04 Å². The topological polar surface area (TPSA) is 23.5 Å². The molecular formula is C6H15NO. The molecule has 50 valence electrons. The summed E-state index contributed by atoms with van der Waals surface area (Å²) in [6.07, 6.45) is 1.02. The Kier molecular flexibility index (Phi) is 3.83. The molecule has 2 heteroatoms. The standard InChI is InChI=1S/C6H15NO/c1-4-6(5-8)7(2)3/h6,8H,4-5H2,1-3H3/t6-/m0/s1. The molecule has 0 saturated carbocycles. The SMILES string of the molecule is CC[C@@H](CO)N(C)C. The number of hydrogen-bond acceptors (Lipinski definition) is 2. The molecular weight excluding hydrogens is 102 g/mol. The van der Waals surface area contributed by atoms with Gasteiger partial charge in [0, 0.05) is 6.04 Å². The van der Waals surface area contributed by atoms with Crippen LogP contribution in [0.1, 0.15) is 13.3 Å². The molecule has 0 aromatic carbocycles. The van der Waals surface area contributed by atoms with Crippen molar-refractivity contribution in [1.82, 2.24) is 4.90 Å². The maximum atomic E-state index is 8.65. The van der Waals surface area contributed by atoms with Crippen LogP contribution < -0.4 is 0 Å². The van der Waals surface area contributed by atoms with Gasteiger partial charge in [-0.1, -0.05) is 6.92 Å². The van der Waals surface area contributed by atoms with Crippen LogP contribution in [0, 0.1) is 0 Å². The van der Waals surface area contributed by atoms with E-state index in [-0.39, 0.29) is 6.61 Å². The summed E-state index contributed by atoms with van der Waals surface area (Å²) in [6, 6.07) is 0.343. The highest BCUT2D eigenvalue weighted by molar-refractivity contribution is 4.59. The Balaban J connectivity index is 3.35. The van der Waals surface area contributed by atoms with Crippen molar-refractivity contribution >= 4 is 0 Å². The molecule has 0 heterocycles. The van der Waals surface area contributed by atoms with Gasteiger partial charge in [-0.15, -0.1) is 0 Å². The fourth-order valence-electron chi connectivity index (χ4n) is 0.658. The summed E-state index contributed by atoms with van der Waals surface area (Å²) < 4.78 is 0. The summed E-state index contributed by atoms with van der Waals surface area (Å²) >= 11 is 0. The highest BCUT2D eigenvalue weighted by Gasteiger charge is 2.04. The molecule has 2 nitrogen and oxygen atoms in total. The van der Waals surface area contributed by atoms with Crippen molar-refractivity contribution in [2.24, 2.45) is 0 Å². The van der Waals surface area contributed by atoms with E-state index in [1.54, 1.807) is 0 Å². The zero-order chi connectivity index (χ0) is 6.57. The minimum atomic E-state index is 0.267. The van der Waals surface area contributed by atoms with Crippen LogP contribution in [0.15, 0.2) is 0 Å². The van der Waals surface area contributed by atoms with Gasteiger partial charge in [0.15, 0.2) is 0 Å². The van der Waals surface area contributed by atoms with Gasteiger partial charge in [-0.3, -0.25) is 0 Å². The van der Waals surface area contributed by atoms with E-state index in [1.165, 1.54) is 0 Å². The second-order valence-electron chi connectivity index (χ2n) is 2.21. The Morgan fingerprint density at radius 3 is 2.00 bits per heavy atom. The summed E-state index contributed by atoms with van der Waals surface area (Å²) in [7, 11) is 3.95. The molecule has 0 unspecified atom stereocenters. The van der Waals surface area contributed by atoms with Crippen LogP contribution in [-0.4, -0.2) is 36.8 Å². The van der Waals surface area contributed by atoms with Crippen LogP contribution >= 0.6 is 0 Å². The van der Waals surface area contributed by atoms with Crippen LogP contribution in [0.25, 0.3) is 0 Å². The van der Waals surface area contributed by atoms with Crippen LogP contribution in [-0.2, 0) is 0 Å². The summed E-state index contributed by atoms with van der Waals surface area (Å²) in [6.45, 7) is 2.34. The fourth-order valence-corrected chi connectivity index (χ4v) is 0.658. The molecule has 0 aromatic rings. The lowest BCUT2D eigenvalue weighted by atomic mass is 10.2. The minimum absolute atomic E-state index is 0.267. The van der Waals surface area contributed by atoms with Crippen molar-refractivity contribution in [2.45, 2.75) is 19.4 Å². The first-order chi connectivity index (χ1) is 3.72. The molecule has 8 heavy (non-hydrogen) atoms. The number of nitrogens with zero attached hydrogens (tertiary/aromatic N) is 1. The molecule has 0 bridgehead atoms. The fraction of sp³-hybridized carbons (Fsp3) is 1.00. The first-order valence-corrected chi connectivity index (χ1v) is 2.99. The van der Waals surface area contributed by atoms with E-state index in [4.69, 9.17) is 5.11 Å². The highest BCUT2D eigenvalue weighted by Crippen LogP contribution is 1.95. The van der Waals surface area contributed by atoms with Crippen molar-refractivity contribution in [2.75, 3.05) is 20.7 Å². The Morgan fingerprint density at radius 1 is 1.50 bits per heavy atom. The van der Waals surface area contributed by atoms with E-state index >= 15 is 0 Å². The van der Waals surface area contributed by atoms with E-state index in [2.05, 4.69) is 6.92 Å². The number of aliphatic hydroxyl groups is 1. The summed E-state index contributed by atoms with van der Waals surface area (Å²) in [5, 5.41) is 8.65. The summed E-state index contributed by atoms with van der Waals surface area (Å²) in [5.74, 6) is 0. The predicted octanol–water partition coefficient (Wildman–Crippen LogP) is 0.319. The molecule has 0 fully saturated rings. The molecule has 0 saturated heterocycles. The first-order valence-electron chi connectivity index (χ1n) is 2.99. The zero-order valence-corrected chi connectivity index (χ0v) is 5.89. The van der Waals surface area contributed by atoms with Gasteiger partial charge in [-0.25, -0.2) is 0 Å². The van der Waals surface area contributed by atoms with Gasteiger partial charge in [0.1, 0.15) is 0 Å². The summed E-state index contributed by atoms with van der Waals surface area (Å²) in [5.41, 5.74) is 0. The second kappa shape index (κ2) is 3.87. The molecule has 0 amide bonds. The maximum Gasteiger partial charge on any atom is 0.0586 e. The minimum Gasteiger partial charge on any atom is -0.395 e. The Morgan fingerprint density at radius 2 is 2.00 bits per heavy atom. The van der Waals surface area contributed by atoms with Crippen LogP contribution in [0.2, 0.25) is 0 Å². The van der Waals surface area contributed by atoms with E-state index in [0.717, 1.165) is 6.42 Å². The molecule has 0 radical (unpaired) electrons. The van der Waals surface area contributed by atoms with Crippen molar-refractivity contribution in [3.63, 3.8) is 0 Å². The smallest absolute Gasteiger partial charge is 0.0586 e. The molecule has 1 N–H and O–H groups in total. The third-order valence-electron chi connectivity index (χ3n) is 1.41. The number of likely N-dealkylation sites (N-methyl/N-ethyl adjacent to an activating group) is 1. The van der Waals surface area contributed by atoms with Gasteiger partial charge in [0.2, 0.25) is 0 Å². The van der Waals surface area contributed by atoms with Gasteiger partial charge in [0.25, 0.3) is 0 Å². The third kappa shape index (κ3) is 2.28. The van der Waals surface area contributed by atoms with Crippen LogP contribution in [0.3, 0.4) is 0 Å². The largest absolute Gasteiger partial charge is 0.395 e. The molecule has 0 aliphatic rings. The molecule has 0 aliphatic heterocycles. The van der Waals surface area contributed by atoms with Gasteiger partial charge in [-0.2, -0.15) is 0 Å². The molecule has 1 atom stereocenters. The predicted molar refractivity (Wildman–Crippen MR) is 34.9 cm³/mol. The maximum absolute atomic E-state index is 8.65. The molecule has 0 aromatic heterocycles. The zero-order valence-electron chi connectivity index (χ0n) is 5.89. The number of rotatable bonds is 3. The summed E-state index contributed by atoms with van der Waals surface area (Å²) in [4.78, 5) is 2.03. The van der Waals surface area contributed by atoms with Crippen molar-refractivity contribution in [3.05, 3.63) is 0 Å². The Labute approximate surface area is 51.1 Å². The lowest BCUT2D eigenvalue weighted by Gasteiger charge is -2.19. The van der Waals surface area contributed by atoms with Gasteiger partial charge in [0.05, 0.1) is 6.61 Å².